The summed E-state index contributed by atoms with van der Waals surface area (Å²) in [5.74, 6) is 1.43. The Labute approximate surface area is 150 Å². The van der Waals surface area contributed by atoms with Crippen LogP contribution in [0.2, 0.25) is 0 Å². The van der Waals surface area contributed by atoms with Crippen molar-refractivity contribution in [2.75, 3.05) is 18.5 Å². The van der Waals surface area contributed by atoms with E-state index < -0.39 is 6.10 Å². The lowest BCUT2D eigenvalue weighted by Crippen LogP contribution is -2.46. The van der Waals surface area contributed by atoms with Crippen molar-refractivity contribution in [3.8, 4) is 11.5 Å². The highest BCUT2D eigenvalue weighted by Crippen LogP contribution is 2.27. The van der Waals surface area contributed by atoms with E-state index in [4.69, 9.17) is 14.2 Å². The van der Waals surface area contributed by atoms with Crippen LogP contribution in [0.4, 0.5) is 10.5 Å². The van der Waals surface area contributed by atoms with Crippen molar-refractivity contribution in [2.24, 2.45) is 0 Å². The first-order chi connectivity index (χ1) is 12.7. The van der Waals surface area contributed by atoms with Crippen LogP contribution in [0.3, 0.4) is 0 Å². The highest BCUT2D eigenvalue weighted by atomic mass is 16.6. The minimum absolute atomic E-state index is 0.234. The molecule has 7 heteroatoms. The van der Waals surface area contributed by atoms with E-state index in [1.165, 1.54) is 0 Å². The highest BCUT2D eigenvalue weighted by Gasteiger charge is 2.47. The quantitative estimate of drug-likeness (QED) is 0.781. The fraction of sp³-hybridized carbons (Fsp3) is 0.316. The van der Waals surface area contributed by atoms with Crippen LogP contribution in [-0.2, 0) is 9.47 Å². The summed E-state index contributed by atoms with van der Waals surface area (Å²) in [5.41, 5.74) is 0.644. The summed E-state index contributed by atoms with van der Waals surface area (Å²) in [7, 11) is 0. The Bertz CT molecular complexity index is 752. The number of hydrogen-bond donors (Lipinski definition) is 3. The zero-order valence-corrected chi connectivity index (χ0v) is 14.0. The third kappa shape index (κ3) is 3.65. The second kappa shape index (κ2) is 7.33. The number of benzene rings is 2. The molecule has 2 fully saturated rings. The largest absolute Gasteiger partial charge is 0.457 e. The van der Waals surface area contributed by atoms with Crippen molar-refractivity contribution in [1.82, 2.24) is 5.32 Å². The van der Waals surface area contributed by atoms with Crippen molar-refractivity contribution >= 4 is 11.7 Å². The number of hydrogen-bond acceptors (Lipinski definition) is 5. The molecule has 0 bridgehead atoms. The number of carbonyl (C=O) groups is 1. The number of fused-ring (bicyclic) bond motifs is 1. The van der Waals surface area contributed by atoms with Gasteiger partial charge in [0.05, 0.1) is 19.3 Å². The number of amides is 2. The van der Waals surface area contributed by atoms with Crippen LogP contribution in [-0.4, -0.2) is 48.7 Å². The molecular weight excluding hydrogens is 336 g/mol. The third-order valence-corrected chi connectivity index (χ3v) is 4.43. The van der Waals surface area contributed by atoms with Gasteiger partial charge in [0, 0.05) is 5.69 Å². The third-order valence-electron chi connectivity index (χ3n) is 4.43. The second-order valence-corrected chi connectivity index (χ2v) is 6.31. The molecule has 4 rings (SSSR count). The molecule has 2 aromatic rings. The van der Waals surface area contributed by atoms with E-state index in [1.807, 2.05) is 30.3 Å². The number of anilines is 1. The number of urea groups is 1. The predicted octanol–water partition coefficient (Wildman–Crippen LogP) is 2.13. The van der Waals surface area contributed by atoms with Gasteiger partial charge >= 0.3 is 6.03 Å². The molecule has 2 aromatic carbocycles. The van der Waals surface area contributed by atoms with Crippen molar-refractivity contribution in [1.29, 1.82) is 0 Å². The van der Waals surface area contributed by atoms with Gasteiger partial charge in [-0.3, -0.25) is 0 Å². The van der Waals surface area contributed by atoms with Crippen molar-refractivity contribution in [3.05, 3.63) is 54.6 Å². The fourth-order valence-corrected chi connectivity index (χ4v) is 3.17. The van der Waals surface area contributed by atoms with Crippen LogP contribution in [0.5, 0.6) is 11.5 Å². The van der Waals surface area contributed by atoms with Gasteiger partial charge in [0.1, 0.15) is 29.8 Å². The Morgan fingerprint density at radius 2 is 1.65 bits per heavy atom. The zero-order valence-electron chi connectivity index (χ0n) is 14.0. The summed E-state index contributed by atoms with van der Waals surface area (Å²) in [5, 5.41) is 15.3. The number of ether oxygens (including phenoxy) is 3. The monoisotopic (exact) mass is 356 g/mol. The van der Waals surface area contributed by atoms with Gasteiger partial charge in [-0.05, 0) is 36.4 Å². The van der Waals surface area contributed by atoms with E-state index in [-0.39, 0.29) is 30.9 Å². The van der Waals surface area contributed by atoms with Crippen LogP contribution in [0, 0.1) is 0 Å². The molecule has 136 valence electrons. The van der Waals surface area contributed by atoms with E-state index in [2.05, 4.69) is 10.6 Å². The molecule has 4 unspecified atom stereocenters. The van der Waals surface area contributed by atoms with Gasteiger partial charge in [0.15, 0.2) is 0 Å². The summed E-state index contributed by atoms with van der Waals surface area (Å²) < 4.78 is 16.7. The van der Waals surface area contributed by atoms with E-state index >= 15 is 0 Å². The molecule has 2 amide bonds. The minimum atomic E-state index is -0.632. The molecule has 2 aliphatic heterocycles. The number of aliphatic hydroxyl groups excluding tert-OH is 1. The first kappa shape index (κ1) is 16.8. The maximum Gasteiger partial charge on any atom is 0.319 e. The number of rotatable bonds is 4. The number of carbonyl (C=O) groups excluding carboxylic acids is 1. The average Bonchev–Trinajstić information content (AvgIpc) is 3.21. The van der Waals surface area contributed by atoms with Gasteiger partial charge in [-0.15, -0.1) is 0 Å². The number of nitrogens with one attached hydrogen (secondary N) is 2. The van der Waals surface area contributed by atoms with Crippen LogP contribution >= 0.6 is 0 Å². The van der Waals surface area contributed by atoms with Crippen LogP contribution < -0.4 is 15.4 Å². The molecule has 0 aliphatic carbocycles. The molecule has 0 saturated carbocycles. The molecule has 4 atom stereocenters. The van der Waals surface area contributed by atoms with Crippen molar-refractivity contribution < 1.29 is 24.1 Å². The van der Waals surface area contributed by atoms with Crippen molar-refractivity contribution in [2.45, 2.75) is 24.4 Å². The molecule has 7 nitrogen and oxygen atoms in total. The number of aliphatic hydroxyl groups is 1. The minimum Gasteiger partial charge on any atom is -0.457 e. The molecule has 26 heavy (non-hydrogen) atoms. The molecular formula is C19H20N2O5. The first-order valence-corrected chi connectivity index (χ1v) is 8.51. The Morgan fingerprint density at radius 3 is 2.42 bits per heavy atom. The first-order valence-electron chi connectivity index (χ1n) is 8.51. The molecule has 3 N–H and O–H groups in total. The molecule has 0 aromatic heterocycles. The lowest BCUT2D eigenvalue weighted by atomic mass is 10.1. The molecule has 0 spiro atoms. The fourth-order valence-electron chi connectivity index (χ4n) is 3.17. The van der Waals surface area contributed by atoms with Gasteiger partial charge in [-0.2, -0.15) is 0 Å². The Kier molecular flexibility index (Phi) is 4.75. The van der Waals surface area contributed by atoms with Gasteiger partial charge in [0.25, 0.3) is 0 Å². The summed E-state index contributed by atoms with van der Waals surface area (Å²) in [6.45, 7) is 0.557. The molecule has 2 saturated heterocycles. The topological polar surface area (TPSA) is 89.1 Å². The number of para-hydroxylation sites is 1. The van der Waals surface area contributed by atoms with E-state index in [1.54, 1.807) is 24.3 Å². The summed E-state index contributed by atoms with van der Waals surface area (Å²) in [6, 6.07) is 16.0. The van der Waals surface area contributed by atoms with Crippen LogP contribution in [0.1, 0.15) is 0 Å². The van der Waals surface area contributed by atoms with Crippen LogP contribution in [0.25, 0.3) is 0 Å². The SMILES string of the molecule is O=C(Nc1ccc(Oc2ccccc2)cc1)NC1COC2C(O)COC12. The standard InChI is InChI=1S/C19H20N2O5/c22-16-11-25-17-15(10-24-18(16)17)21-19(23)20-12-6-8-14(9-7-12)26-13-4-2-1-3-5-13/h1-9,15-18,22H,10-11H2,(H2,20,21,23). The lowest BCUT2D eigenvalue weighted by Gasteiger charge is -2.17. The maximum atomic E-state index is 12.2. The smallest absolute Gasteiger partial charge is 0.319 e. The van der Waals surface area contributed by atoms with Gasteiger partial charge in [-0.1, -0.05) is 18.2 Å². The normalized spacial score (nSPS) is 27.0. The predicted molar refractivity (Wildman–Crippen MR) is 94.4 cm³/mol. The Hall–Kier alpha value is -2.61. The zero-order chi connectivity index (χ0) is 17.9. The van der Waals surface area contributed by atoms with Crippen molar-refractivity contribution in [3.63, 3.8) is 0 Å². The summed E-state index contributed by atoms with van der Waals surface area (Å²) >= 11 is 0. The van der Waals surface area contributed by atoms with E-state index in [9.17, 15) is 9.90 Å². The summed E-state index contributed by atoms with van der Waals surface area (Å²) in [4.78, 5) is 12.2. The average molecular weight is 356 g/mol. The lowest BCUT2D eigenvalue weighted by molar-refractivity contribution is 0.0180. The van der Waals surface area contributed by atoms with Gasteiger partial charge in [-0.25, -0.2) is 4.79 Å². The van der Waals surface area contributed by atoms with Gasteiger partial charge < -0.3 is 30.0 Å². The molecule has 0 radical (unpaired) electrons. The maximum absolute atomic E-state index is 12.2. The Morgan fingerprint density at radius 1 is 0.962 bits per heavy atom. The van der Waals surface area contributed by atoms with Gasteiger partial charge in [0.2, 0.25) is 0 Å². The Balaban J connectivity index is 1.30. The molecule has 2 heterocycles. The summed E-state index contributed by atoms with van der Waals surface area (Å²) in [6.07, 6.45) is -1.31. The highest BCUT2D eigenvalue weighted by molar-refractivity contribution is 5.89. The second-order valence-electron chi connectivity index (χ2n) is 6.31. The van der Waals surface area contributed by atoms with E-state index in [0.717, 1.165) is 5.75 Å². The van der Waals surface area contributed by atoms with E-state index in [0.29, 0.717) is 18.0 Å². The molecule has 2 aliphatic rings. The van der Waals surface area contributed by atoms with Crippen LogP contribution in [0.15, 0.2) is 54.6 Å².